The zero-order valence-electron chi connectivity index (χ0n) is 11.5. The van der Waals surface area contributed by atoms with Gasteiger partial charge < -0.3 is 5.32 Å². The van der Waals surface area contributed by atoms with Gasteiger partial charge in [0, 0.05) is 12.6 Å². The van der Waals surface area contributed by atoms with Gasteiger partial charge in [0.15, 0.2) is 0 Å². The average molecular weight is 258 g/mol. The van der Waals surface area contributed by atoms with E-state index in [1.165, 1.54) is 12.0 Å². The predicted octanol–water partition coefficient (Wildman–Crippen LogP) is 2.81. The molecule has 1 rings (SSSR count). The Morgan fingerprint density at radius 3 is 2.47 bits per heavy atom. The highest BCUT2D eigenvalue weighted by atomic mass is 35.5. The highest BCUT2D eigenvalue weighted by Gasteiger charge is 2.17. The van der Waals surface area contributed by atoms with E-state index in [0.717, 1.165) is 23.8 Å². The summed E-state index contributed by atoms with van der Waals surface area (Å²) in [5.74, 6) is 1.34. The van der Waals surface area contributed by atoms with E-state index in [2.05, 4.69) is 24.3 Å². The molecule has 1 heterocycles. The number of aryl methyl sites for hydroxylation is 2. The highest BCUT2D eigenvalue weighted by molar-refractivity contribution is 6.30. The molecule has 0 aliphatic carbocycles. The maximum absolute atomic E-state index is 6.27. The van der Waals surface area contributed by atoms with Gasteiger partial charge in [0.2, 0.25) is 0 Å². The second-order valence-corrected chi connectivity index (χ2v) is 5.59. The first-order valence-electron chi connectivity index (χ1n) is 6.28. The summed E-state index contributed by atoms with van der Waals surface area (Å²) in [7, 11) is 3.90. The van der Waals surface area contributed by atoms with Gasteiger partial charge >= 0.3 is 0 Å². The summed E-state index contributed by atoms with van der Waals surface area (Å²) >= 11 is 6.27. The Morgan fingerprint density at radius 1 is 1.41 bits per heavy atom. The van der Waals surface area contributed by atoms with Gasteiger partial charge in [0.1, 0.15) is 5.15 Å². The van der Waals surface area contributed by atoms with Crippen LogP contribution in [-0.2, 0) is 13.5 Å². The van der Waals surface area contributed by atoms with Gasteiger partial charge in [-0.15, -0.1) is 0 Å². The molecule has 3 nitrogen and oxygen atoms in total. The van der Waals surface area contributed by atoms with E-state index in [4.69, 9.17) is 11.6 Å². The van der Waals surface area contributed by atoms with Crippen LogP contribution in [0.2, 0.25) is 5.15 Å². The maximum atomic E-state index is 6.27. The zero-order chi connectivity index (χ0) is 13.0. The third-order valence-corrected chi connectivity index (χ3v) is 3.53. The average Bonchev–Trinajstić information content (AvgIpc) is 2.44. The number of rotatable bonds is 6. The monoisotopic (exact) mass is 257 g/mol. The van der Waals surface area contributed by atoms with Crippen molar-refractivity contribution in [2.45, 2.75) is 33.6 Å². The summed E-state index contributed by atoms with van der Waals surface area (Å²) in [5, 5.41) is 8.42. The molecule has 0 saturated carbocycles. The molecule has 98 valence electrons. The van der Waals surface area contributed by atoms with Crippen LogP contribution in [0.4, 0.5) is 0 Å². The van der Waals surface area contributed by atoms with Crippen LogP contribution in [0.3, 0.4) is 0 Å². The van der Waals surface area contributed by atoms with E-state index < -0.39 is 0 Å². The molecular weight excluding hydrogens is 234 g/mol. The van der Waals surface area contributed by atoms with E-state index in [1.54, 1.807) is 4.68 Å². The molecule has 1 aromatic rings. The molecule has 17 heavy (non-hydrogen) atoms. The van der Waals surface area contributed by atoms with E-state index in [0.29, 0.717) is 11.8 Å². The molecule has 1 aromatic heterocycles. The molecule has 0 spiro atoms. The summed E-state index contributed by atoms with van der Waals surface area (Å²) in [6.45, 7) is 7.59. The minimum Gasteiger partial charge on any atom is -0.319 e. The Balaban J connectivity index is 2.78. The molecule has 0 bridgehead atoms. The van der Waals surface area contributed by atoms with Crippen LogP contribution in [0.5, 0.6) is 0 Å². The molecule has 0 radical (unpaired) electrons. The van der Waals surface area contributed by atoms with Crippen molar-refractivity contribution in [3.8, 4) is 0 Å². The summed E-state index contributed by atoms with van der Waals surface area (Å²) in [6.07, 6.45) is 2.23. The molecule has 1 N–H and O–H groups in total. The molecule has 0 aliphatic rings. The third-order valence-electron chi connectivity index (χ3n) is 3.06. The van der Waals surface area contributed by atoms with Gasteiger partial charge in [-0.05, 0) is 45.2 Å². The molecule has 1 unspecified atom stereocenters. The van der Waals surface area contributed by atoms with Crippen molar-refractivity contribution in [2.75, 3.05) is 13.6 Å². The molecule has 4 heteroatoms. The van der Waals surface area contributed by atoms with E-state index in [1.807, 2.05) is 21.0 Å². The Kier molecular flexibility index (Phi) is 5.47. The summed E-state index contributed by atoms with van der Waals surface area (Å²) in [4.78, 5) is 0. The summed E-state index contributed by atoms with van der Waals surface area (Å²) in [6, 6.07) is 0. The van der Waals surface area contributed by atoms with Crippen molar-refractivity contribution >= 4 is 11.6 Å². The van der Waals surface area contributed by atoms with Crippen LogP contribution in [0, 0.1) is 18.8 Å². The van der Waals surface area contributed by atoms with Gasteiger partial charge in [-0.2, -0.15) is 5.10 Å². The van der Waals surface area contributed by atoms with Gasteiger partial charge in [0.05, 0.1) is 5.69 Å². The van der Waals surface area contributed by atoms with Crippen molar-refractivity contribution in [3.05, 3.63) is 16.4 Å². The smallest absolute Gasteiger partial charge is 0.130 e. The number of aromatic nitrogens is 2. The molecule has 0 saturated heterocycles. The minimum absolute atomic E-state index is 0.625. The quantitative estimate of drug-likeness (QED) is 0.849. The van der Waals surface area contributed by atoms with Crippen LogP contribution in [0.15, 0.2) is 0 Å². The normalized spacial score (nSPS) is 13.4. The molecule has 1 atom stereocenters. The second kappa shape index (κ2) is 6.41. The Labute approximate surface area is 110 Å². The lowest BCUT2D eigenvalue weighted by atomic mass is 9.91. The topological polar surface area (TPSA) is 29.9 Å². The van der Waals surface area contributed by atoms with Crippen molar-refractivity contribution < 1.29 is 0 Å². The number of halogens is 1. The molecule has 0 aromatic carbocycles. The fourth-order valence-corrected chi connectivity index (χ4v) is 2.64. The molecule has 0 amide bonds. The number of nitrogens with zero attached hydrogens (tertiary/aromatic N) is 2. The number of hydrogen-bond donors (Lipinski definition) is 1. The van der Waals surface area contributed by atoms with Crippen molar-refractivity contribution in [1.82, 2.24) is 15.1 Å². The van der Waals surface area contributed by atoms with Gasteiger partial charge in [0.25, 0.3) is 0 Å². The largest absolute Gasteiger partial charge is 0.319 e. The number of hydrogen-bond acceptors (Lipinski definition) is 2. The fraction of sp³-hybridized carbons (Fsp3) is 0.769. The van der Waals surface area contributed by atoms with Crippen molar-refractivity contribution in [2.24, 2.45) is 18.9 Å². The van der Waals surface area contributed by atoms with Gasteiger partial charge in [-0.25, -0.2) is 0 Å². The maximum Gasteiger partial charge on any atom is 0.130 e. The van der Waals surface area contributed by atoms with Gasteiger partial charge in [-0.1, -0.05) is 25.4 Å². The van der Waals surface area contributed by atoms with Crippen molar-refractivity contribution in [1.29, 1.82) is 0 Å². The Hall–Kier alpha value is -0.540. The van der Waals surface area contributed by atoms with Crippen LogP contribution >= 0.6 is 11.6 Å². The third kappa shape index (κ3) is 4.00. The molecule has 0 fully saturated rings. The lowest BCUT2D eigenvalue weighted by Crippen LogP contribution is -2.22. The summed E-state index contributed by atoms with van der Waals surface area (Å²) in [5.41, 5.74) is 2.26. The van der Waals surface area contributed by atoms with E-state index in [9.17, 15) is 0 Å². The van der Waals surface area contributed by atoms with Crippen molar-refractivity contribution in [3.63, 3.8) is 0 Å². The van der Waals surface area contributed by atoms with Crippen LogP contribution < -0.4 is 5.32 Å². The molecular formula is C13H24ClN3. The Morgan fingerprint density at radius 2 is 2.06 bits per heavy atom. The first-order chi connectivity index (χ1) is 7.95. The van der Waals surface area contributed by atoms with E-state index in [-0.39, 0.29) is 0 Å². The second-order valence-electron chi connectivity index (χ2n) is 5.24. The van der Waals surface area contributed by atoms with Gasteiger partial charge in [-0.3, -0.25) is 4.68 Å². The SMILES string of the molecule is CNCC(Cc1c(C)nn(C)c1Cl)CC(C)C. The zero-order valence-corrected chi connectivity index (χ0v) is 12.3. The predicted molar refractivity (Wildman–Crippen MR) is 73.5 cm³/mol. The first-order valence-corrected chi connectivity index (χ1v) is 6.66. The summed E-state index contributed by atoms with van der Waals surface area (Å²) < 4.78 is 1.76. The lowest BCUT2D eigenvalue weighted by molar-refractivity contribution is 0.395. The number of nitrogens with one attached hydrogen (secondary N) is 1. The van der Waals surface area contributed by atoms with Crippen LogP contribution in [-0.4, -0.2) is 23.4 Å². The van der Waals surface area contributed by atoms with E-state index >= 15 is 0 Å². The standard InChI is InChI=1S/C13H24ClN3/c1-9(2)6-11(8-15-4)7-12-10(3)16-17(5)13(12)14/h9,11,15H,6-8H2,1-5H3. The lowest BCUT2D eigenvalue weighted by Gasteiger charge is -2.18. The van der Waals surface area contributed by atoms with Crippen LogP contribution in [0.25, 0.3) is 0 Å². The molecule has 0 aliphatic heterocycles. The minimum atomic E-state index is 0.625. The highest BCUT2D eigenvalue weighted by Crippen LogP contribution is 2.24. The Bertz CT molecular complexity index is 358. The van der Waals surface area contributed by atoms with Crippen LogP contribution in [0.1, 0.15) is 31.5 Å². The first kappa shape index (κ1) is 14.5. The fourth-order valence-electron chi connectivity index (χ4n) is 2.39.